The lowest BCUT2D eigenvalue weighted by Gasteiger charge is -2.29. The number of aryl methyl sites for hydroxylation is 1. The quantitative estimate of drug-likeness (QED) is 0.793. The van der Waals surface area contributed by atoms with Gasteiger partial charge in [-0.3, -0.25) is 4.90 Å². The predicted molar refractivity (Wildman–Crippen MR) is 103 cm³/mol. The molecule has 1 N–H and O–H groups in total. The van der Waals surface area contributed by atoms with Crippen LogP contribution in [-0.2, 0) is 24.9 Å². The van der Waals surface area contributed by atoms with Gasteiger partial charge in [0.1, 0.15) is 5.82 Å². The van der Waals surface area contributed by atoms with Crippen molar-refractivity contribution < 1.29 is 9.53 Å². The number of carbonyl (C=O) groups is 1. The highest BCUT2D eigenvalue weighted by atomic mass is 16.5. The molecule has 0 bridgehead atoms. The number of piperidine rings is 1. The van der Waals surface area contributed by atoms with E-state index in [0.29, 0.717) is 17.0 Å². The van der Waals surface area contributed by atoms with Crippen molar-refractivity contribution in [1.29, 1.82) is 0 Å². The molecular formula is C21H28N4O2. The Bertz CT molecular complexity index is 810. The Labute approximate surface area is 160 Å². The molecule has 2 aromatic rings. The van der Waals surface area contributed by atoms with Crippen molar-refractivity contribution in [2.75, 3.05) is 20.2 Å². The average molecular weight is 368 g/mol. The van der Waals surface area contributed by atoms with E-state index in [-0.39, 0.29) is 5.97 Å². The molecule has 2 fully saturated rings. The fourth-order valence-electron chi connectivity index (χ4n) is 4.46. The molecule has 1 saturated heterocycles. The summed E-state index contributed by atoms with van der Waals surface area (Å²) in [6, 6.07) is 8.37. The minimum absolute atomic E-state index is 0.284. The van der Waals surface area contributed by atoms with Gasteiger partial charge in [-0.2, -0.15) is 0 Å². The first-order chi connectivity index (χ1) is 13.1. The predicted octanol–water partition coefficient (Wildman–Crippen LogP) is 2.35. The number of aromatic nitrogens is 2. The van der Waals surface area contributed by atoms with E-state index in [0.717, 1.165) is 37.6 Å². The molecule has 1 aliphatic carbocycles. The number of benzene rings is 1. The molecule has 2 heterocycles. The monoisotopic (exact) mass is 368 g/mol. The van der Waals surface area contributed by atoms with Crippen molar-refractivity contribution in [3.63, 3.8) is 0 Å². The third-order valence-corrected chi connectivity index (χ3v) is 6.19. The summed E-state index contributed by atoms with van der Waals surface area (Å²) in [7, 11) is 3.47. The van der Waals surface area contributed by atoms with E-state index in [4.69, 9.17) is 4.74 Å². The highest BCUT2D eigenvalue weighted by Crippen LogP contribution is 2.56. The number of imidazole rings is 1. The minimum atomic E-state index is -0.284. The molecule has 1 spiro atoms. The maximum absolute atomic E-state index is 11.9. The van der Waals surface area contributed by atoms with E-state index in [2.05, 4.69) is 25.8 Å². The standard InChI is InChI=1S/C21H28N4O2/c1-24-11-10-23-19(24)15-25(18-13-21(18)6-8-22-9-7-21)14-16-4-3-5-17(12-16)20(26)27-2/h3-5,10-12,18,22H,6-9,13-15H2,1-2H3. The number of rotatable bonds is 6. The lowest BCUT2D eigenvalue weighted by molar-refractivity contribution is 0.0600. The van der Waals surface area contributed by atoms with E-state index >= 15 is 0 Å². The van der Waals surface area contributed by atoms with Gasteiger partial charge in [0.2, 0.25) is 0 Å². The second kappa shape index (κ2) is 7.44. The topological polar surface area (TPSA) is 59.4 Å². The van der Waals surface area contributed by atoms with Gasteiger partial charge < -0.3 is 14.6 Å². The molecule has 1 atom stereocenters. The summed E-state index contributed by atoms with van der Waals surface area (Å²) in [4.78, 5) is 19.0. The third kappa shape index (κ3) is 3.77. The Hall–Kier alpha value is -2.18. The molecular weight excluding hydrogens is 340 g/mol. The van der Waals surface area contributed by atoms with Crippen LogP contribution in [0.1, 0.15) is 41.0 Å². The second-order valence-corrected chi connectivity index (χ2v) is 7.88. The summed E-state index contributed by atoms with van der Waals surface area (Å²) in [5.74, 6) is 0.795. The number of nitrogens with zero attached hydrogens (tertiary/aromatic N) is 3. The Morgan fingerprint density at radius 1 is 1.37 bits per heavy atom. The summed E-state index contributed by atoms with van der Waals surface area (Å²) >= 11 is 0. The van der Waals surface area contributed by atoms with Crippen LogP contribution >= 0.6 is 0 Å². The summed E-state index contributed by atoms with van der Waals surface area (Å²) in [5.41, 5.74) is 2.21. The van der Waals surface area contributed by atoms with Gasteiger partial charge in [0.25, 0.3) is 0 Å². The van der Waals surface area contributed by atoms with Gasteiger partial charge >= 0.3 is 5.97 Å². The first kappa shape index (κ1) is 18.2. The lowest BCUT2D eigenvalue weighted by Crippen LogP contribution is -2.36. The van der Waals surface area contributed by atoms with Gasteiger partial charge in [0.15, 0.2) is 0 Å². The highest BCUT2D eigenvalue weighted by molar-refractivity contribution is 5.89. The highest BCUT2D eigenvalue weighted by Gasteiger charge is 2.56. The Kier molecular flexibility index (Phi) is 5.02. The number of methoxy groups -OCH3 is 1. The van der Waals surface area contributed by atoms with Gasteiger partial charge in [0.05, 0.1) is 19.2 Å². The van der Waals surface area contributed by atoms with Gasteiger partial charge in [0, 0.05) is 32.0 Å². The molecule has 1 unspecified atom stereocenters. The van der Waals surface area contributed by atoms with Gasteiger partial charge in [-0.15, -0.1) is 0 Å². The van der Waals surface area contributed by atoms with Crippen LogP contribution in [0, 0.1) is 5.41 Å². The SMILES string of the molecule is COC(=O)c1cccc(CN(Cc2nccn2C)C2CC23CCNCC3)c1. The van der Waals surface area contributed by atoms with Crippen LogP contribution in [0.3, 0.4) is 0 Å². The normalized spacial score (nSPS) is 20.8. The maximum atomic E-state index is 11.9. The van der Waals surface area contributed by atoms with Crippen LogP contribution in [0.15, 0.2) is 36.7 Å². The molecule has 0 amide bonds. The van der Waals surface area contributed by atoms with Crippen LogP contribution in [0.25, 0.3) is 0 Å². The Morgan fingerprint density at radius 2 is 2.19 bits per heavy atom. The molecule has 1 saturated carbocycles. The van der Waals surface area contributed by atoms with E-state index in [9.17, 15) is 4.79 Å². The second-order valence-electron chi connectivity index (χ2n) is 7.88. The lowest BCUT2D eigenvalue weighted by atomic mass is 9.93. The smallest absolute Gasteiger partial charge is 0.337 e. The molecule has 4 rings (SSSR count). The molecule has 6 nitrogen and oxygen atoms in total. The van der Waals surface area contributed by atoms with Crippen molar-refractivity contribution >= 4 is 5.97 Å². The van der Waals surface area contributed by atoms with E-state index < -0.39 is 0 Å². The number of nitrogens with one attached hydrogen (secondary N) is 1. The van der Waals surface area contributed by atoms with Crippen molar-refractivity contribution in [1.82, 2.24) is 19.8 Å². The summed E-state index contributed by atoms with van der Waals surface area (Å²) in [6.07, 6.45) is 7.61. The summed E-state index contributed by atoms with van der Waals surface area (Å²) in [6.45, 7) is 3.87. The van der Waals surface area contributed by atoms with Crippen molar-refractivity contribution in [2.24, 2.45) is 12.5 Å². The van der Waals surface area contributed by atoms with Crippen molar-refractivity contribution in [2.45, 2.75) is 38.4 Å². The molecule has 1 aromatic carbocycles. The van der Waals surface area contributed by atoms with Crippen LogP contribution < -0.4 is 5.32 Å². The zero-order valence-electron chi connectivity index (χ0n) is 16.1. The largest absolute Gasteiger partial charge is 0.465 e. The average Bonchev–Trinajstić information content (AvgIpc) is 3.22. The first-order valence-corrected chi connectivity index (χ1v) is 9.69. The molecule has 144 valence electrons. The van der Waals surface area contributed by atoms with E-state index in [1.807, 2.05) is 37.6 Å². The zero-order valence-corrected chi connectivity index (χ0v) is 16.1. The molecule has 1 aliphatic heterocycles. The third-order valence-electron chi connectivity index (χ3n) is 6.19. The van der Waals surface area contributed by atoms with Crippen molar-refractivity contribution in [3.8, 4) is 0 Å². The molecule has 2 aliphatic rings. The molecule has 27 heavy (non-hydrogen) atoms. The number of hydrogen-bond donors (Lipinski definition) is 1. The molecule has 1 aromatic heterocycles. The van der Waals surface area contributed by atoms with E-state index in [1.54, 1.807) is 0 Å². The van der Waals surface area contributed by atoms with Crippen molar-refractivity contribution in [3.05, 3.63) is 53.6 Å². The van der Waals surface area contributed by atoms with Crippen LogP contribution in [0.2, 0.25) is 0 Å². The zero-order chi connectivity index (χ0) is 18.9. The fourth-order valence-corrected chi connectivity index (χ4v) is 4.46. The van der Waals surface area contributed by atoms with Crippen LogP contribution in [0.5, 0.6) is 0 Å². The Balaban J connectivity index is 1.55. The first-order valence-electron chi connectivity index (χ1n) is 9.69. The fraction of sp³-hybridized carbons (Fsp3) is 0.524. The molecule has 0 radical (unpaired) electrons. The number of esters is 1. The van der Waals surface area contributed by atoms with Gasteiger partial charge in [-0.1, -0.05) is 12.1 Å². The summed E-state index contributed by atoms with van der Waals surface area (Å²) in [5, 5.41) is 3.48. The van der Waals surface area contributed by atoms with E-state index in [1.165, 1.54) is 26.4 Å². The maximum Gasteiger partial charge on any atom is 0.337 e. The number of hydrogen-bond acceptors (Lipinski definition) is 5. The summed E-state index contributed by atoms with van der Waals surface area (Å²) < 4.78 is 6.97. The van der Waals surface area contributed by atoms with Crippen LogP contribution in [0.4, 0.5) is 0 Å². The number of ether oxygens (including phenoxy) is 1. The van der Waals surface area contributed by atoms with Gasteiger partial charge in [-0.05, 0) is 55.5 Å². The Morgan fingerprint density at radius 3 is 2.89 bits per heavy atom. The number of carbonyl (C=O) groups excluding carboxylic acids is 1. The van der Waals surface area contributed by atoms with Crippen LogP contribution in [-0.4, -0.2) is 46.7 Å². The van der Waals surface area contributed by atoms with Gasteiger partial charge in [-0.25, -0.2) is 9.78 Å². The minimum Gasteiger partial charge on any atom is -0.465 e. The molecule has 6 heteroatoms.